The van der Waals surface area contributed by atoms with Gasteiger partial charge < -0.3 is 0 Å². The van der Waals surface area contributed by atoms with Crippen molar-refractivity contribution in [3.63, 3.8) is 0 Å². The lowest BCUT2D eigenvalue weighted by atomic mass is 9.91. The predicted octanol–water partition coefficient (Wildman–Crippen LogP) is 3.84. The number of nitrogens with zero attached hydrogens (tertiary/aromatic N) is 1. The largest absolute Gasteiger partial charge is 0.285 e. The molecule has 0 bridgehead atoms. The molecular weight excluding hydrogens is 306 g/mol. The van der Waals surface area contributed by atoms with Crippen molar-refractivity contribution in [2.75, 3.05) is 7.05 Å². The van der Waals surface area contributed by atoms with Crippen LogP contribution in [-0.4, -0.2) is 23.8 Å². The smallest absolute Gasteiger partial charge is 0.233 e. The van der Waals surface area contributed by atoms with E-state index in [1.807, 2.05) is 36.4 Å². The number of amides is 2. The van der Waals surface area contributed by atoms with Gasteiger partial charge in [0.15, 0.2) is 0 Å². The van der Waals surface area contributed by atoms with Crippen LogP contribution in [0.3, 0.4) is 0 Å². The molecule has 0 atom stereocenters. The predicted molar refractivity (Wildman–Crippen MR) is 90.8 cm³/mol. The van der Waals surface area contributed by atoms with E-state index in [0.717, 1.165) is 32.1 Å². The summed E-state index contributed by atoms with van der Waals surface area (Å²) in [6, 6.07) is 16.2. The highest BCUT2D eigenvalue weighted by Gasteiger charge is 2.31. The maximum Gasteiger partial charge on any atom is 0.233 e. The Labute approximate surface area is 139 Å². The van der Waals surface area contributed by atoms with Crippen LogP contribution >= 0.6 is 11.8 Å². The fraction of sp³-hybridized carbons (Fsp3) is 0.158. The van der Waals surface area contributed by atoms with E-state index in [1.165, 1.54) is 4.90 Å². The normalized spacial score (nSPS) is 17.2. The quantitative estimate of drug-likeness (QED) is 0.692. The average molecular weight is 321 g/mol. The van der Waals surface area contributed by atoms with Crippen molar-refractivity contribution in [2.24, 2.45) is 0 Å². The second-order valence-corrected chi connectivity index (χ2v) is 6.84. The molecule has 2 aromatic rings. The standard InChI is InChI=1S/C19H15NO2S/c1-20-18(21)10-14-12-6-2-4-8-16(12)23-17-9-5-3-7-13(17)15(14)11-19(20)22/h2-9H,10-11H2,1H3. The van der Waals surface area contributed by atoms with Crippen LogP contribution in [0.2, 0.25) is 0 Å². The van der Waals surface area contributed by atoms with E-state index in [0.29, 0.717) is 0 Å². The minimum absolute atomic E-state index is 0.140. The van der Waals surface area contributed by atoms with Gasteiger partial charge in [-0.1, -0.05) is 48.2 Å². The molecule has 0 aromatic heterocycles. The van der Waals surface area contributed by atoms with Crippen molar-refractivity contribution in [1.82, 2.24) is 4.90 Å². The Morgan fingerprint density at radius 2 is 1.22 bits per heavy atom. The molecule has 0 N–H and O–H groups in total. The number of rotatable bonds is 0. The van der Waals surface area contributed by atoms with Gasteiger partial charge in [-0.2, -0.15) is 0 Å². The van der Waals surface area contributed by atoms with Crippen LogP contribution in [0, 0.1) is 0 Å². The molecule has 2 heterocycles. The SMILES string of the molecule is CN1C(=O)CC2=C(CC1=O)c1ccccc1Sc1ccccc12. The van der Waals surface area contributed by atoms with Crippen LogP contribution < -0.4 is 0 Å². The Balaban J connectivity index is 2.03. The lowest BCUT2D eigenvalue weighted by molar-refractivity contribution is -0.141. The number of imide groups is 1. The third-order valence-corrected chi connectivity index (χ3v) is 5.56. The lowest BCUT2D eigenvalue weighted by Gasteiger charge is -2.13. The summed E-state index contributed by atoms with van der Waals surface area (Å²) < 4.78 is 0. The first kappa shape index (κ1) is 14.3. The maximum absolute atomic E-state index is 12.4. The highest BCUT2D eigenvalue weighted by Crippen LogP contribution is 2.46. The molecule has 0 aliphatic carbocycles. The zero-order valence-electron chi connectivity index (χ0n) is 12.7. The van der Waals surface area contributed by atoms with Crippen molar-refractivity contribution in [2.45, 2.75) is 22.6 Å². The Kier molecular flexibility index (Phi) is 3.34. The summed E-state index contributed by atoms with van der Waals surface area (Å²) >= 11 is 1.70. The highest BCUT2D eigenvalue weighted by molar-refractivity contribution is 7.99. The molecule has 4 heteroatoms. The molecule has 3 nitrogen and oxygen atoms in total. The molecule has 0 spiro atoms. The summed E-state index contributed by atoms with van der Waals surface area (Å²) in [5.74, 6) is -0.279. The zero-order valence-corrected chi connectivity index (χ0v) is 13.5. The van der Waals surface area contributed by atoms with Gasteiger partial charge in [-0.3, -0.25) is 14.5 Å². The summed E-state index contributed by atoms with van der Waals surface area (Å²) in [4.78, 5) is 28.3. The summed E-state index contributed by atoms with van der Waals surface area (Å²) in [6.45, 7) is 0. The number of hydrogen-bond acceptors (Lipinski definition) is 3. The van der Waals surface area contributed by atoms with Crippen molar-refractivity contribution in [3.8, 4) is 0 Å². The molecule has 0 unspecified atom stereocenters. The van der Waals surface area contributed by atoms with Crippen LogP contribution in [0.5, 0.6) is 0 Å². The van der Waals surface area contributed by atoms with Crippen LogP contribution in [0.1, 0.15) is 24.0 Å². The van der Waals surface area contributed by atoms with E-state index >= 15 is 0 Å². The summed E-state index contributed by atoms with van der Waals surface area (Å²) in [7, 11) is 1.57. The highest BCUT2D eigenvalue weighted by atomic mass is 32.2. The second-order valence-electron chi connectivity index (χ2n) is 5.75. The van der Waals surface area contributed by atoms with E-state index in [2.05, 4.69) is 12.1 Å². The molecule has 2 aromatic carbocycles. The van der Waals surface area contributed by atoms with Crippen LogP contribution in [-0.2, 0) is 9.59 Å². The van der Waals surface area contributed by atoms with Crippen molar-refractivity contribution < 1.29 is 9.59 Å². The van der Waals surface area contributed by atoms with Gasteiger partial charge in [0.2, 0.25) is 11.8 Å². The van der Waals surface area contributed by atoms with Gasteiger partial charge in [-0.15, -0.1) is 0 Å². The number of carbonyl (C=O) groups excluding carboxylic acids is 2. The fourth-order valence-corrected chi connectivity index (χ4v) is 4.27. The third-order valence-electron chi connectivity index (χ3n) is 4.41. The van der Waals surface area contributed by atoms with Gasteiger partial charge in [-0.05, 0) is 34.4 Å². The first-order valence-corrected chi connectivity index (χ1v) is 8.35. The second kappa shape index (κ2) is 5.39. The average Bonchev–Trinajstić information content (AvgIpc) is 2.76. The minimum Gasteiger partial charge on any atom is -0.285 e. The van der Waals surface area contributed by atoms with Gasteiger partial charge >= 0.3 is 0 Å². The van der Waals surface area contributed by atoms with Gasteiger partial charge in [-0.25, -0.2) is 0 Å². The molecule has 0 radical (unpaired) electrons. The van der Waals surface area contributed by atoms with Crippen LogP contribution in [0.25, 0.3) is 11.1 Å². The zero-order chi connectivity index (χ0) is 16.0. The van der Waals surface area contributed by atoms with E-state index in [4.69, 9.17) is 0 Å². The molecule has 0 fully saturated rings. The molecule has 2 aliphatic rings. The first-order chi connectivity index (χ1) is 11.1. The van der Waals surface area contributed by atoms with Gasteiger partial charge in [0.25, 0.3) is 0 Å². The lowest BCUT2D eigenvalue weighted by Crippen LogP contribution is -2.31. The van der Waals surface area contributed by atoms with Crippen molar-refractivity contribution in [1.29, 1.82) is 0 Å². The van der Waals surface area contributed by atoms with E-state index < -0.39 is 0 Å². The molecule has 23 heavy (non-hydrogen) atoms. The van der Waals surface area contributed by atoms with Gasteiger partial charge in [0.05, 0.1) is 12.8 Å². The maximum atomic E-state index is 12.4. The molecule has 0 saturated carbocycles. The number of benzene rings is 2. The van der Waals surface area contributed by atoms with Crippen LogP contribution in [0.15, 0.2) is 58.3 Å². The molecule has 2 aliphatic heterocycles. The third kappa shape index (κ3) is 2.30. The van der Waals surface area contributed by atoms with E-state index in [9.17, 15) is 9.59 Å². The number of hydrogen-bond donors (Lipinski definition) is 0. The Hall–Kier alpha value is -2.33. The first-order valence-electron chi connectivity index (χ1n) is 7.53. The summed E-state index contributed by atoms with van der Waals surface area (Å²) in [5.41, 5.74) is 4.11. The summed E-state index contributed by atoms with van der Waals surface area (Å²) in [6.07, 6.45) is 0.535. The molecule has 4 rings (SSSR count). The number of fused-ring (bicyclic) bond motifs is 4. The van der Waals surface area contributed by atoms with Gasteiger partial charge in [0.1, 0.15) is 0 Å². The molecular formula is C19H15NO2S. The topological polar surface area (TPSA) is 37.4 Å². The monoisotopic (exact) mass is 321 g/mol. The van der Waals surface area contributed by atoms with Crippen molar-refractivity contribution >= 4 is 34.7 Å². The minimum atomic E-state index is -0.140. The van der Waals surface area contributed by atoms with E-state index in [1.54, 1.807) is 18.8 Å². The van der Waals surface area contributed by atoms with E-state index in [-0.39, 0.29) is 24.7 Å². The summed E-state index contributed by atoms with van der Waals surface area (Å²) in [5, 5.41) is 0. The Bertz CT molecular complexity index is 800. The van der Waals surface area contributed by atoms with Gasteiger partial charge in [0, 0.05) is 16.8 Å². The Morgan fingerprint density at radius 1 is 0.783 bits per heavy atom. The van der Waals surface area contributed by atoms with Crippen LogP contribution in [0.4, 0.5) is 0 Å². The Morgan fingerprint density at radius 3 is 1.70 bits per heavy atom. The molecule has 114 valence electrons. The number of carbonyl (C=O) groups is 2. The van der Waals surface area contributed by atoms with Crippen molar-refractivity contribution in [3.05, 3.63) is 59.7 Å². The molecule has 2 amide bonds. The fourth-order valence-electron chi connectivity index (χ4n) is 3.14. The molecule has 0 saturated heterocycles.